The molecule has 0 radical (unpaired) electrons. The van der Waals surface area contributed by atoms with Gasteiger partial charge in [0.05, 0.1) is 0 Å². The normalized spacial score (nSPS) is 22.7. The monoisotopic (exact) mass is 272 g/mol. The van der Waals surface area contributed by atoms with Crippen molar-refractivity contribution in [3.63, 3.8) is 0 Å². The van der Waals surface area contributed by atoms with Gasteiger partial charge in [-0.1, -0.05) is 51.4 Å². The van der Waals surface area contributed by atoms with Gasteiger partial charge in [-0.3, -0.25) is 0 Å². The molecular formula is C16H36N2O. The summed E-state index contributed by atoms with van der Waals surface area (Å²) in [5.74, 6) is 0. The highest BCUT2D eigenvalue weighted by molar-refractivity contribution is 4.54. The van der Waals surface area contributed by atoms with Crippen LogP contribution < -0.4 is 10.6 Å². The van der Waals surface area contributed by atoms with Crippen LogP contribution in [0.25, 0.3) is 0 Å². The Bertz CT molecular complexity index is 89.8. The van der Waals surface area contributed by atoms with E-state index in [0.717, 1.165) is 0 Å². The summed E-state index contributed by atoms with van der Waals surface area (Å²) in [6, 6.07) is 0. The minimum atomic E-state index is 0. The summed E-state index contributed by atoms with van der Waals surface area (Å²) in [6.07, 6.45) is 16.9. The summed E-state index contributed by atoms with van der Waals surface area (Å²) in [4.78, 5) is 0. The molecule has 0 aromatic rings. The van der Waals surface area contributed by atoms with Crippen molar-refractivity contribution in [2.24, 2.45) is 0 Å². The fraction of sp³-hybridized carbons (Fsp3) is 1.00. The topological polar surface area (TPSA) is 55.6 Å². The van der Waals surface area contributed by atoms with E-state index in [1.54, 1.807) is 0 Å². The third-order valence-electron chi connectivity index (χ3n) is 3.91. The minimum absolute atomic E-state index is 0. The largest absolute Gasteiger partial charge is 0.412 e. The first-order chi connectivity index (χ1) is 9.00. The highest BCUT2D eigenvalue weighted by atomic mass is 16.0. The molecule has 0 unspecified atom stereocenters. The van der Waals surface area contributed by atoms with E-state index in [0.29, 0.717) is 0 Å². The van der Waals surface area contributed by atoms with Crippen molar-refractivity contribution in [1.29, 1.82) is 0 Å². The maximum absolute atomic E-state index is 3.58. The zero-order chi connectivity index (χ0) is 12.7. The van der Waals surface area contributed by atoms with E-state index in [4.69, 9.17) is 0 Å². The van der Waals surface area contributed by atoms with Gasteiger partial charge in [-0.15, -0.1) is 0 Å². The molecule has 116 valence electrons. The molecule has 3 heteroatoms. The predicted molar refractivity (Wildman–Crippen MR) is 84.8 cm³/mol. The highest BCUT2D eigenvalue weighted by Gasteiger charge is 1.95. The van der Waals surface area contributed by atoms with Gasteiger partial charge in [-0.25, -0.2) is 0 Å². The lowest BCUT2D eigenvalue weighted by Crippen LogP contribution is -2.17. The molecular weight excluding hydrogens is 236 g/mol. The van der Waals surface area contributed by atoms with E-state index < -0.39 is 0 Å². The molecule has 0 spiro atoms. The molecule has 1 fully saturated rings. The Kier molecular flexibility index (Phi) is 15.8. The van der Waals surface area contributed by atoms with Crippen molar-refractivity contribution in [3.05, 3.63) is 0 Å². The summed E-state index contributed by atoms with van der Waals surface area (Å²) in [5, 5.41) is 7.16. The summed E-state index contributed by atoms with van der Waals surface area (Å²) in [6.45, 7) is 4.95. The lowest BCUT2D eigenvalue weighted by Gasteiger charge is -2.07. The molecule has 1 saturated heterocycles. The number of hydrogen-bond acceptors (Lipinski definition) is 2. The quantitative estimate of drug-likeness (QED) is 0.712. The third-order valence-corrected chi connectivity index (χ3v) is 3.91. The van der Waals surface area contributed by atoms with Gasteiger partial charge < -0.3 is 16.1 Å². The van der Waals surface area contributed by atoms with Crippen molar-refractivity contribution in [2.75, 3.05) is 26.2 Å². The fourth-order valence-corrected chi connectivity index (χ4v) is 2.66. The molecule has 1 heterocycles. The lowest BCUT2D eigenvalue weighted by atomic mass is 10.1. The van der Waals surface area contributed by atoms with Crippen molar-refractivity contribution >= 4 is 0 Å². The van der Waals surface area contributed by atoms with Crippen molar-refractivity contribution in [3.8, 4) is 0 Å². The van der Waals surface area contributed by atoms with E-state index in [2.05, 4.69) is 10.6 Å². The van der Waals surface area contributed by atoms with Gasteiger partial charge in [0, 0.05) is 0 Å². The molecule has 1 rings (SSSR count). The molecule has 0 saturated carbocycles. The Morgan fingerprint density at radius 3 is 0.789 bits per heavy atom. The smallest absolute Gasteiger partial charge is 0.00489 e. The van der Waals surface area contributed by atoms with Crippen LogP contribution in [0.3, 0.4) is 0 Å². The Balaban J connectivity index is 0.00000324. The van der Waals surface area contributed by atoms with Crippen LogP contribution in [0.1, 0.15) is 77.0 Å². The Morgan fingerprint density at radius 1 is 0.316 bits per heavy atom. The van der Waals surface area contributed by atoms with Crippen LogP contribution in [0.5, 0.6) is 0 Å². The molecule has 19 heavy (non-hydrogen) atoms. The van der Waals surface area contributed by atoms with Crippen LogP contribution in [0.4, 0.5) is 0 Å². The molecule has 1 aliphatic heterocycles. The molecule has 1 aliphatic rings. The van der Waals surface area contributed by atoms with Crippen LogP contribution in [-0.4, -0.2) is 31.7 Å². The second-order valence-electron chi connectivity index (χ2n) is 5.74. The standard InChI is InChI=1S/C16H34N2.H2O/c1-2-6-10-14-18-16-12-8-4-3-7-11-15-17-13-9-5-1;/h17-18H,1-16H2;1H2. The average Bonchev–Trinajstić information content (AvgIpc) is 2.39. The second-order valence-corrected chi connectivity index (χ2v) is 5.74. The van der Waals surface area contributed by atoms with E-state index in [9.17, 15) is 0 Å². The molecule has 0 bridgehead atoms. The van der Waals surface area contributed by atoms with Crippen LogP contribution in [-0.2, 0) is 0 Å². The van der Waals surface area contributed by atoms with Crippen LogP contribution in [0.2, 0.25) is 0 Å². The molecule has 4 N–H and O–H groups in total. The first kappa shape index (κ1) is 18.9. The Morgan fingerprint density at radius 2 is 0.526 bits per heavy atom. The van der Waals surface area contributed by atoms with Gasteiger partial charge in [0.1, 0.15) is 0 Å². The van der Waals surface area contributed by atoms with Crippen LogP contribution >= 0.6 is 0 Å². The number of hydrogen-bond donors (Lipinski definition) is 2. The van der Waals surface area contributed by atoms with E-state index >= 15 is 0 Å². The lowest BCUT2D eigenvalue weighted by molar-refractivity contribution is 0.515. The Labute approximate surface area is 120 Å². The first-order valence-corrected chi connectivity index (χ1v) is 8.41. The molecule has 3 nitrogen and oxygen atoms in total. The number of rotatable bonds is 0. The maximum atomic E-state index is 3.58. The SMILES string of the molecule is C1CCCCNCCCCCCCCNCCC1.O. The van der Waals surface area contributed by atoms with E-state index in [1.165, 1.54) is 103 Å². The first-order valence-electron chi connectivity index (χ1n) is 8.41. The third kappa shape index (κ3) is 14.1. The van der Waals surface area contributed by atoms with Gasteiger partial charge in [0.25, 0.3) is 0 Å². The van der Waals surface area contributed by atoms with Gasteiger partial charge in [0.15, 0.2) is 0 Å². The van der Waals surface area contributed by atoms with E-state index in [1.807, 2.05) is 0 Å². The summed E-state index contributed by atoms with van der Waals surface area (Å²) in [7, 11) is 0. The summed E-state index contributed by atoms with van der Waals surface area (Å²) >= 11 is 0. The van der Waals surface area contributed by atoms with Crippen molar-refractivity contribution in [2.45, 2.75) is 77.0 Å². The van der Waals surface area contributed by atoms with Crippen LogP contribution in [0, 0.1) is 0 Å². The molecule has 0 aromatic heterocycles. The second kappa shape index (κ2) is 15.9. The van der Waals surface area contributed by atoms with E-state index in [-0.39, 0.29) is 5.48 Å². The van der Waals surface area contributed by atoms with Gasteiger partial charge in [-0.2, -0.15) is 0 Å². The molecule has 0 amide bonds. The molecule has 0 aliphatic carbocycles. The molecule has 0 aromatic carbocycles. The zero-order valence-electron chi connectivity index (χ0n) is 12.8. The van der Waals surface area contributed by atoms with Crippen LogP contribution in [0.15, 0.2) is 0 Å². The van der Waals surface area contributed by atoms with Gasteiger partial charge in [-0.05, 0) is 51.9 Å². The van der Waals surface area contributed by atoms with Gasteiger partial charge in [0.2, 0.25) is 0 Å². The van der Waals surface area contributed by atoms with Crippen molar-refractivity contribution < 1.29 is 5.48 Å². The molecule has 0 atom stereocenters. The maximum Gasteiger partial charge on any atom is -0.00489 e. The highest BCUT2D eigenvalue weighted by Crippen LogP contribution is 2.06. The summed E-state index contributed by atoms with van der Waals surface area (Å²) < 4.78 is 0. The summed E-state index contributed by atoms with van der Waals surface area (Å²) in [5.41, 5.74) is 0. The fourth-order valence-electron chi connectivity index (χ4n) is 2.66. The zero-order valence-corrected chi connectivity index (χ0v) is 12.8. The predicted octanol–water partition coefficient (Wildman–Crippen LogP) is 3.04. The van der Waals surface area contributed by atoms with Crippen molar-refractivity contribution in [1.82, 2.24) is 10.6 Å². The van der Waals surface area contributed by atoms with Gasteiger partial charge >= 0.3 is 0 Å². The average molecular weight is 272 g/mol. The Hall–Kier alpha value is -0.120. The number of nitrogens with one attached hydrogen (secondary N) is 2. The minimum Gasteiger partial charge on any atom is -0.412 e.